The molecule has 0 saturated heterocycles. The van der Waals surface area contributed by atoms with Crippen LogP contribution < -0.4 is 5.56 Å². The third-order valence-corrected chi connectivity index (χ3v) is 6.39. The molecule has 0 aliphatic carbocycles. The quantitative estimate of drug-likeness (QED) is 0.363. The summed E-state index contributed by atoms with van der Waals surface area (Å²) in [7, 11) is 0. The molecule has 0 aliphatic rings. The molecule has 30 heavy (non-hydrogen) atoms. The van der Waals surface area contributed by atoms with Gasteiger partial charge in [0.25, 0.3) is 0 Å². The molecule has 4 aromatic rings. The highest BCUT2D eigenvalue weighted by atomic mass is 79.9. The molecular weight excluding hydrogens is 481 g/mol. The van der Waals surface area contributed by atoms with Crippen LogP contribution in [-0.4, -0.2) is 19.2 Å². The molecule has 10 heteroatoms. The number of aromatic nitrogens is 4. The molecular formula is C20H14BrF3N4OS. The topological polar surface area (TPSA) is 52.2 Å². The molecule has 2 heterocycles. The van der Waals surface area contributed by atoms with Crippen molar-refractivity contribution in [3.63, 3.8) is 0 Å². The highest BCUT2D eigenvalue weighted by Gasteiger charge is 2.33. The highest BCUT2D eigenvalue weighted by Crippen LogP contribution is 2.33. The van der Waals surface area contributed by atoms with Crippen molar-refractivity contribution in [1.82, 2.24) is 19.2 Å². The average molecular weight is 495 g/mol. The van der Waals surface area contributed by atoms with Crippen molar-refractivity contribution < 1.29 is 13.2 Å². The zero-order chi connectivity index (χ0) is 21.5. The van der Waals surface area contributed by atoms with Gasteiger partial charge in [-0.1, -0.05) is 52.0 Å². The van der Waals surface area contributed by atoms with Crippen molar-refractivity contribution in [3.05, 3.63) is 86.4 Å². The number of thioether (sulfide) groups is 1. The first-order valence-corrected chi connectivity index (χ1v) is 10.5. The summed E-state index contributed by atoms with van der Waals surface area (Å²) in [6.07, 6.45) is -1.49. The molecule has 0 fully saturated rings. The Hall–Kier alpha value is -2.59. The van der Waals surface area contributed by atoms with E-state index in [1.54, 1.807) is 10.6 Å². The van der Waals surface area contributed by atoms with Gasteiger partial charge in [0.05, 0.1) is 11.3 Å². The summed E-state index contributed by atoms with van der Waals surface area (Å²) in [5, 5.41) is 8.57. The van der Waals surface area contributed by atoms with Gasteiger partial charge in [-0.2, -0.15) is 13.2 Å². The standard InChI is InChI=1S/C20H14BrF3N4OS/c1-12-14(20(22,23)24)6-4-8-16(12)27-9-10-28-17(18(27)29)25-26-19(28)30-11-13-5-2-3-7-15(13)21/h2-10H,11H2,1H3. The van der Waals surface area contributed by atoms with E-state index in [1.807, 2.05) is 24.3 Å². The van der Waals surface area contributed by atoms with Gasteiger partial charge in [0.2, 0.25) is 5.65 Å². The molecule has 2 aromatic heterocycles. The van der Waals surface area contributed by atoms with Gasteiger partial charge in [0, 0.05) is 22.6 Å². The number of fused-ring (bicyclic) bond motifs is 1. The minimum Gasteiger partial charge on any atom is -0.279 e. The number of benzene rings is 2. The van der Waals surface area contributed by atoms with Crippen LogP contribution in [0.3, 0.4) is 0 Å². The van der Waals surface area contributed by atoms with Crippen LogP contribution in [0, 0.1) is 6.92 Å². The zero-order valence-electron chi connectivity index (χ0n) is 15.5. The molecule has 0 bridgehead atoms. The smallest absolute Gasteiger partial charge is 0.279 e. The minimum absolute atomic E-state index is 0.0282. The second-order valence-electron chi connectivity index (χ2n) is 6.48. The summed E-state index contributed by atoms with van der Waals surface area (Å²) in [5.74, 6) is 0.609. The molecule has 0 unspecified atom stereocenters. The lowest BCUT2D eigenvalue weighted by molar-refractivity contribution is -0.138. The first-order chi connectivity index (χ1) is 14.3. The van der Waals surface area contributed by atoms with Gasteiger partial charge in [0.1, 0.15) is 0 Å². The van der Waals surface area contributed by atoms with Crippen LogP contribution >= 0.6 is 27.7 Å². The molecule has 0 spiro atoms. The lowest BCUT2D eigenvalue weighted by Crippen LogP contribution is -2.22. The Morgan fingerprint density at radius 2 is 1.83 bits per heavy atom. The van der Waals surface area contributed by atoms with Crippen molar-refractivity contribution in [2.45, 2.75) is 24.0 Å². The van der Waals surface area contributed by atoms with E-state index in [0.29, 0.717) is 10.9 Å². The summed E-state index contributed by atoms with van der Waals surface area (Å²) < 4.78 is 43.4. The van der Waals surface area contributed by atoms with Gasteiger partial charge < -0.3 is 0 Å². The summed E-state index contributed by atoms with van der Waals surface area (Å²) in [4.78, 5) is 12.9. The first-order valence-electron chi connectivity index (χ1n) is 8.77. The van der Waals surface area contributed by atoms with E-state index in [4.69, 9.17) is 0 Å². The molecule has 5 nitrogen and oxygen atoms in total. The molecule has 2 aromatic carbocycles. The Bertz CT molecular complexity index is 1300. The number of hydrogen-bond donors (Lipinski definition) is 0. The Morgan fingerprint density at radius 3 is 2.57 bits per heavy atom. The van der Waals surface area contributed by atoms with Crippen LogP contribution in [0.2, 0.25) is 0 Å². The molecule has 0 atom stereocenters. The number of hydrogen-bond acceptors (Lipinski definition) is 4. The fourth-order valence-corrected chi connectivity index (χ4v) is 4.64. The van der Waals surface area contributed by atoms with E-state index in [1.165, 1.54) is 37.0 Å². The number of halogens is 4. The van der Waals surface area contributed by atoms with Gasteiger partial charge in [0.15, 0.2) is 5.16 Å². The van der Waals surface area contributed by atoms with Crippen LogP contribution in [0.1, 0.15) is 16.7 Å². The van der Waals surface area contributed by atoms with Crippen LogP contribution in [0.15, 0.2) is 69.3 Å². The van der Waals surface area contributed by atoms with Gasteiger partial charge in [-0.25, -0.2) is 0 Å². The van der Waals surface area contributed by atoms with E-state index in [0.717, 1.165) is 20.7 Å². The van der Waals surface area contributed by atoms with E-state index in [2.05, 4.69) is 26.1 Å². The molecule has 0 saturated carbocycles. The Balaban J connectivity index is 1.72. The second kappa shape index (κ2) is 7.92. The van der Waals surface area contributed by atoms with E-state index in [-0.39, 0.29) is 16.9 Å². The number of nitrogens with zero attached hydrogens (tertiary/aromatic N) is 4. The summed E-state index contributed by atoms with van der Waals surface area (Å²) in [6, 6.07) is 11.5. The maximum atomic E-state index is 13.2. The zero-order valence-corrected chi connectivity index (χ0v) is 17.9. The van der Waals surface area contributed by atoms with Gasteiger partial charge in [-0.3, -0.25) is 13.8 Å². The highest BCUT2D eigenvalue weighted by molar-refractivity contribution is 9.10. The predicted molar refractivity (Wildman–Crippen MR) is 112 cm³/mol. The first kappa shape index (κ1) is 20.7. The van der Waals surface area contributed by atoms with Crippen LogP contribution in [-0.2, 0) is 11.9 Å². The van der Waals surface area contributed by atoms with Crippen molar-refractivity contribution >= 4 is 33.3 Å². The van der Waals surface area contributed by atoms with E-state index < -0.39 is 17.3 Å². The fourth-order valence-electron chi connectivity index (χ4n) is 3.10. The maximum Gasteiger partial charge on any atom is 0.416 e. The van der Waals surface area contributed by atoms with E-state index >= 15 is 0 Å². The van der Waals surface area contributed by atoms with Crippen LogP contribution in [0.5, 0.6) is 0 Å². The third kappa shape index (κ3) is 3.77. The SMILES string of the molecule is Cc1c(-n2ccn3c(SCc4ccccc4Br)nnc3c2=O)cccc1C(F)(F)F. The molecule has 0 N–H and O–H groups in total. The molecule has 0 aliphatic heterocycles. The van der Waals surface area contributed by atoms with Crippen molar-refractivity contribution in [1.29, 1.82) is 0 Å². The average Bonchev–Trinajstić information content (AvgIpc) is 3.11. The van der Waals surface area contributed by atoms with Crippen molar-refractivity contribution in [2.24, 2.45) is 0 Å². The summed E-state index contributed by atoms with van der Waals surface area (Å²) >= 11 is 4.90. The lowest BCUT2D eigenvalue weighted by Gasteiger charge is -2.15. The third-order valence-electron chi connectivity index (χ3n) is 4.62. The van der Waals surface area contributed by atoms with Crippen molar-refractivity contribution in [2.75, 3.05) is 0 Å². The molecule has 0 radical (unpaired) electrons. The number of rotatable bonds is 4. The van der Waals surface area contributed by atoms with Gasteiger partial charge >= 0.3 is 11.7 Å². The Kier molecular flexibility index (Phi) is 5.46. The maximum absolute atomic E-state index is 13.2. The number of alkyl halides is 3. The van der Waals surface area contributed by atoms with Crippen LogP contribution in [0.4, 0.5) is 13.2 Å². The summed E-state index contributed by atoms with van der Waals surface area (Å²) in [6.45, 7) is 1.34. The molecule has 154 valence electrons. The van der Waals surface area contributed by atoms with Gasteiger partial charge in [-0.15, -0.1) is 10.2 Å². The fraction of sp³-hybridized carbons (Fsp3) is 0.150. The predicted octanol–water partition coefficient (Wildman–Crippen LogP) is 5.26. The Morgan fingerprint density at radius 1 is 1.07 bits per heavy atom. The second-order valence-corrected chi connectivity index (χ2v) is 8.27. The lowest BCUT2D eigenvalue weighted by atomic mass is 10.1. The van der Waals surface area contributed by atoms with E-state index in [9.17, 15) is 18.0 Å². The molecule has 0 amide bonds. The van der Waals surface area contributed by atoms with Crippen LogP contribution in [0.25, 0.3) is 11.3 Å². The summed E-state index contributed by atoms with van der Waals surface area (Å²) in [5.41, 5.74) is -0.0866. The monoisotopic (exact) mass is 494 g/mol. The largest absolute Gasteiger partial charge is 0.416 e. The minimum atomic E-state index is -4.50. The molecule has 4 rings (SSSR count). The van der Waals surface area contributed by atoms with Crippen molar-refractivity contribution in [3.8, 4) is 5.69 Å². The van der Waals surface area contributed by atoms with Gasteiger partial charge in [-0.05, 0) is 36.2 Å². The normalized spacial score (nSPS) is 11.9. The Labute approximate surface area is 181 Å².